The normalized spacial score (nSPS) is 11.8. The summed E-state index contributed by atoms with van der Waals surface area (Å²) in [6, 6.07) is 13.4. The average Bonchev–Trinajstić information content (AvgIpc) is 2.61. The lowest BCUT2D eigenvalue weighted by Crippen LogP contribution is -2.52. The van der Waals surface area contributed by atoms with E-state index in [0.29, 0.717) is 11.1 Å². The molecule has 0 aliphatic carbocycles. The predicted molar refractivity (Wildman–Crippen MR) is 97.0 cm³/mol. The minimum absolute atomic E-state index is 0.314. The summed E-state index contributed by atoms with van der Waals surface area (Å²) in [5.41, 5.74) is 0.167. The van der Waals surface area contributed by atoms with Gasteiger partial charge in [-0.2, -0.15) is 0 Å². The molecule has 144 valence electrons. The highest BCUT2D eigenvalue weighted by atomic mass is 16.6. The topological polar surface area (TPSA) is 124 Å². The number of carboxylic acid groups (broad SMARTS) is 2. The quantitative estimate of drug-likeness (QED) is 0.412. The van der Waals surface area contributed by atoms with Crippen molar-refractivity contribution in [2.75, 3.05) is 0 Å². The van der Waals surface area contributed by atoms with Gasteiger partial charge in [-0.1, -0.05) is 48.5 Å². The van der Waals surface area contributed by atoms with Crippen LogP contribution in [0.15, 0.2) is 48.5 Å². The first-order chi connectivity index (χ1) is 12.7. The first-order valence-electron chi connectivity index (χ1n) is 8.35. The van der Waals surface area contributed by atoms with Crippen LogP contribution in [0, 0.1) is 0 Å². The Bertz CT molecular complexity index is 778. The predicted octanol–water partition coefficient (Wildman–Crippen LogP) is 2.21. The summed E-state index contributed by atoms with van der Waals surface area (Å²) >= 11 is 0. The van der Waals surface area contributed by atoms with Crippen molar-refractivity contribution in [3.8, 4) is 11.1 Å². The van der Waals surface area contributed by atoms with Gasteiger partial charge in [0, 0.05) is 12.0 Å². The Balaban J connectivity index is 2.27. The molecule has 0 saturated heterocycles. The van der Waals surface area contributed by atoms with Crippen LogP contribution in [-0.4, -0.2) is 44.1 Å². The van der Waals surface area contributed by atoms with Gasteiger partial charge >= 0.3 is 11.9 Å². The summed E-state index contributed by atoms with van der Waals surface area (Å²) in [6.07, 6.45) is -2.43. The largest absolute Gasteiger partial charge is 0.479 e. The fourth-order valence-corrected chi connectivity index (χ4v) is 2.74. The van der Waals surface area contributed by atoms with E-state index in [-0.39, 0.29) is 6.42 Å². The van der Waals surface area contributed by atoms with Crippen LogP contribution in [0.4, 0.5) is 0 Å². The average molecular weight is 374 g/mol. The highest BCUT2D eigenvalue weighted by molar-refractivity contribution is 6.02. The van der Waals surface area contributed by atoms with Gasteiger partial charge in [0.25, 0.3) is 5.60 Å². The molecule has 0 saturated carbocycles. The van der Waals surface area contributed by atoms with E-state index in [1.807, 2.05) is 0 Å². The summed E-state index contributed by atoms with van der Waals surface area (Å²) in [4.78, 5) is 23.3. The number of carboxylic acids is 2. The van der Waals surface area contributed by atoms with E-state index in [9.17, 15) is 19.8 Å². The highest BCUT2D eigenvalue weighted by Gasteiger charge is 2.49. The Hall–Kier alpha value is -2.74. The van der Waals surface area contributed by atoms with Crippen molar-refractivity contribution in [2.45, 2.75) is 38.3 Å². The second-order valence-electron chi connectivity index (χ2n) is 6.47. The Kier molecular flexibility index (Phi) is 6.32. The molecule has 7 nitrogen and oxygen atoms in total. The summed E-state index contributed by atoms with van der Waals surface area (Å²) in [7, 11) is 0. The number of aliphatic carboxylic acids is 2. The second-order valence-corrected chi connectivity index (χ2v) is 6.47. The maximum atomic E-state index is 11.6. The summed E-state index contributed by atoms with van der Waals surface area (Å²) in [5.74, 6) is -3.10. The van der Waals surface area contributed by atoms with Gasteiger partial charge < -0.3 is 25.2 Å². The van der Waals surface area contributed by atoms with Crippen molar-refractivity contribution in [2.24, 2.45) is 0 Å². The maximum Gasteiger partial charge on any atom is 0.348 e. The molecule has 0 heterocycles. The first-order valence-corrected chi connectivity index (χ1v) is 8.35. The van der Waals surface area contributed by atoms with Gasteiger partial charge in [0.1, 0.15) is 0 Å². The molecule has 0 atom stereocenters. The third-order valence-corrected chi connectivity index (χ3v) is 4.08. The number of hydrogen-bond donors (Lipinski definition) is 4. The molecule has 4 N–H and O–H groups in total. The van der Waals surface area contributed by atoms with Crippen molar-refractivity contribution < 1.29 is 34.8 Å². The van der Waals surface area contributed by atoms with Gasteiger partial charge in [-0.05, 0) is 30.5 Å². The number of carbonyl (C=O) groups is 2. The van der Waals surface area contributed by atoms with Gasteiger partial charge in [0.15, 0.2) is 6.29 Å². The Morgan fingerprint density at radius 3 is 1.70 bits per heavy atom. The Morgan fingerprint density at radius 1 is 0.889 bits per heavy atom. The zero-order chi connectivity index (χ0) is 20.2. The van der Waals surface area contributed by atoms with E-state index >= 15 is 0 Å². The highest BCUT2D eigenvalue weighted by Crippen LogP contribution is 2.25. The summed E-state index contributed by atoms with van der Waals surface area (Å²) in [6.45, 7) is 3.16. The van der Waals surface area contributed by atoms with E-state index in [4.69, 9.17) is 14.9 Å². The zero-order valence-corrected chi connectivity index (χ0v) is 15.0. The van der Waals surface area contributed by atoms with Crippen LogP contribution in [0.1, 0.15) is 31.3 Å². The van der Waals surface area contributed by atoms with E-state index in [1.54, 1.807) is 62.4 Å². The molecule has 0 unspecified atom stereocenters. The number of hydrogen-bond acceptors (Lipinski definition) is 5. The lowest BCUT2D eigenvalue weighted by Gasteiger charge is -2.27. The molecule has 2 rings (SSSR count). The lowest BCUT2D eigenvalue weighted by atomic mass is 9.92. The molecule has 7 heteroatoms. The third kappa shape index (κ3) is 4.71. The minimum Gasteiger partial charge on any atom is -0.479 e. The summed E-state index contributed by atoms with van der Waals surface area (Å²) < 4.78 is 5.27. The van der Waals surface area contributed by atoms with Gasteiger partial charge in [0.2, 0.25) is 0 Å². The van der Waals surface area contributed by atoms with Gasteiger partial charge in [-0.25, -0.2) is 9.59 Å². The Morgan fingerprint density at radius 2 is 1.33 bits per heavy atom. The number of aliphatic hydroxyl groups excluding tert-OH is 1. The number of ether oxygens (including phenoxy) is 1. The van der Waals surface area contributed by atoms with Crippen molar-refractivity contribution in [3.05, 3.63) is 59.7 Å². The minimum atomic E-state index is -2.35. The van der Waals surface area contributed by atoms with E-state index in [1.165, 1.54) is 0 Å². The van der Waals surface area contributed by atoms with Crippen molar-refractivity contribution in [3.63, 3.8) is 0 Å². The SMILES string of the molecule is CC(C)OC(Cc1ccc(-c2ccc(C(O)O)cc2)cc1)(C(=O)O)C(=O)O. The van der Waals surface area contributed by atoms with Crippen molar-refractivity contribution in [1.29, 1.82) is 0 Å². The van der Waals surface area contributed by atoms with Gasteiger partial charge in [-0.3, -0.25) is 0 Å². The summed E-state index contributed by atoms with van der Waals surface area (Å²) in [5, 5.41) is 37.2. The van der Waals surface area contributed by atoms with E-state index < -0.39 is 29.9 Å². The van der Waals surface area contributed by atoms with Crippen LogP contribution in [0.25, 0.3) is 11.1 Å². The molecule has 2 aromatic carbocycles. The molecule has 0 fully saturated rings. The van der Waals surface area contributed by atoms with Gasteiger partial charge in [-0.15, -0.1) is 0 Å². The number of rotatable bonds is 8. The molecular formula is C20H22O7. The van der Waals surface area contributed by atoms with Crippen LogP contribution < -0.4 is 0 Å². The molecule has 0 amide bonds. The molecule has 0 spiro atoms. The number of aliphatic hydroxyl groups is 2. The molecule has 27 heavy (non-hydrogen) atoms. The van der Waals surface area contributed by atoms with Crippen LogP contribution >= 0.6 is 0 Å². The molecule has 0 aliphatic heterocycles. The van der Waals surface area contributed by atoms with Crippen molar-refractivity contribution >= 4 is 11.9 Å². The van der Waals surface area contributed by atoms with Gasteiger partial charge in [0.05, 0.1) is 6.10 Å². The van der Waals surface area contributed by atoms with Crippen LogP contribution in [-0.2, 0) is 20.7 Å². The fraction of sp³-hybridized carbons (Fsp3) is 0.300. The van der Waals surface area contributed by atoms with E-state index in [2.05, 4.69) is 0 Å². The monoisotopic (exact) mass is 374 g/mol. The lowest BCUT2D eigenvalue weighted by molar-refractivity contribution is -0.188. The van der Waals surface area contributed by atoms with Crippen LogP contribution in [0.3, 0.4) is 0 Å². The van der Waals surface area contributed by atoms with Crippen LogP contribution in [0.2, 0.25) is 0 Å². The fourth-order valence-electron chi connectivity index (χ4n) is 2.74. The zero-order valence-electron chi connectivity index (χ0n) is 15.0. The van der Waals surface area contributed by atoms with E-state index in [0.717, 1.165) is 11.1 Å². The van der Waals surface area contributed by atoms with Crippen LogP contribution in [0.5, 0.6) is 0 Å². The first kappa shape index (κ1) is 20.6. The smallest absolute Gasteiger partial charge is 0.348 e. The third-order valence-electron chi connectivity index (χ3n) is 4.08. The molecule has 0 bridgehead atoms. The molecule has 0 aromatic heterocycles. The second kappa shape index (κ2) is 8.30. The standard InChI is InChI=1S/C20H22O7/c1-12(2)27-20(18(23)24,19(25)26)11-13-3-5-14(6-4-13)15-7-9-16(10-8-15)17(21)22/h3-10,12,17,21-22H,11H2,1-2H3,(H,23,24)(H,25,26). The molecule has 0 radical (unpaired) electrons. The molecule has 2 aromatic rings. The Labute approximate surface area is 156 Å². The number of benzene rings is 2. The molecule has 0 aliphatic rings. The molecular weight excluding hydrogens is 352 g/mol. The maximum absolute atomic E-state index is 11.6. The van der Waals surface area contributed by atoms with Crippen molar-refractivity contribution in [1.82, 2.24) is 0 Å².